The van der Waals surface area contributed by atoms with E-state index in [0.717, 1.165) is 24.4 Å². The molecule has 1 aromatic heterocycles. The van der Waals surface area contributed by atoms with Gasteiger partial charge in [-0.15, -0.1) is 0 Å². The second-order valence-electron chi connectivity index (χ2n) is 5.07. The minimum Gasteiger partial charge on any atom is -0.310 e. The topological polar surface area (TPSA) is 24.9 Å². The molecule has 96 valence electrons. The van der Waals surface area contributed by atoms with Crippen molar-refractivity contribution >= 4 is 28.8 Å². The highest BCUT2D eigenvalue weighted by molar-refractivity contribution is 6.41. The Morgan fingerprint density at radius 3 is 3.00 bits per heavy atom. The zero-order valence-electron chi connectivity index (χ0n) is 10.1. The van der Waals surface area contributed by atoms with Crippen LogP contribution in [0, 0.1) is 5.92 Å². The second-order valence-corrected chi connectivity index (χ2v) is 5.83. The summed E-state index contributed by atoms with van der Waals surface area (Å²) in [6.07, 6.45) is 9.20. The quantitative estimate of drug-likeness (QED) is 0.790. The lowest BCUT2D eigenvalue weighted by molar-refractivity contribution is 0.304. The Kier molecular flexibility index (Phi) is 3.60. The van der Waals surface area contributed by atoms with E-state index < -0.39 is 0 Å². The van der Waals surface area contributed by atoms with Crippen LogP contribution in [-0.4, -0.2) is 17.6 Å². The van der Waals surface area contributed by atoms with Gasteiger partial charge in [0.05, 0.1) is 5.02 Å². The van der Waals surface area contributed by atoms with Crippen molar-refractivity contribution in [2.45, 2.75) is 31.7 Å². The number of pyridine rings is 1. The molecule has 1 fully saturated rings. The summed E-state index contributed by atoms with van der Waals surface area (Å²) in [5.41, 5.74) is 2.45. The average molecular weight is 283 g/mol. The van der Waals surface area contributed by atoms with Crippen LogP contribution in [0.5, 0.6) is 0 Å². The number of allylic oxidation sites excluding steroid dienone is 1. The van der Waals surface area contributed by atoms with Crippen molar-refractivity contribution in [3.63, 3.8) is 0 Å². The van der Waals surface area contributed by atoms with Crippen molar-refractivity contribution in [3.05, 3.63) is 34.1 Å². The van der Waals surface area contributed by atoms with Gasteiger partial charge in [-0.3, -0.25) is 0 Å². The Morgan fingerprint density at radius 1 is 1.28 bits per heavy atom. The molecule has 0 unspecified atom stereocenters. The highest BCUT2D eigenvalue weighted by Gasteiger charge is 2.30. The predicted molar refractivity (Wildman–Crippen MR) is 76.0 cm³/mol. The molecule has 1 N–H and O–H groups in total. The van der Waals surface area contributed by atoms with Crippen molar-refractivity contribution in [1.29, 1.82) is 0 Å². The number of nitrogens with zero attached hydrogens (tertiary/aromatic N) is 1. The largest absolute Gasteiger partial charge is 0.310 e. The second kappa shape index (κ2) is 5.20. The zero-order chi connectivity index (χ0) is 12.5. The van der Waals surface area contributed by atoms with Crippen molar-refractivity contribution in [1.82, 2.24) is 10.3 Å². The van der Waals surface area contributed by atoms with Crippen LogP contribution in [0.25, 0.3) is 5.57 Å². The first-order valence-corrected chi connectivity index (χ1v) is 7.26. The summed E-state index contributed by atoms with van der Waals surface area (Å²) < 4.78 is 0. The molecular weight excluding hydrogens is 267 g/mol. The van der Waals surface area contributed by atoms with Gasteiger partial charge in [-0.25, -0.2) is 4.98 Å². The van der Waals surface area contributed by atoms with Crippen molar-refractivity contribution < 1.29 is 0 Å². The van der Waals surface area contributed by atoms with E-state index in [0.29, 0.717) is 16.2 Å². The first-order chi connectivity index (χ1) is 8.75. The first kappa shape index (κ1) is 12.5. The number of halogens is 2. The van der Waals surface area contributed by atoms with Gasteiger partial charge in [0, 0.05) is 12.2 Å². The summed E-state index contributed by atoms with van der Waals surface area (Å²) in [6.45, 7) is 1.10. The fourth-order valence-corrected chi connectivity index (χ4v) is 3.36. The van der Waals surface area contributed by atoms with Crippen LogP contribution < -0.4 is 5.32 Å². The van der Waals surface area contributed by atoms with Gasteiger partial charge in [-0.2, -0.15) is 0 Å². The Balaban J connectivity index is 1.94. The van der Waals surface area contributed by atoms with E-state index in [9.17, 15) is 0 Å². The van der Waals surface area contributed by atoms with Gasteiger partial charge in [0.15, 0.2) is 0 Å². The predicted octanol–water partition coefficient (Wildman–Crippen LogP) is 3.93. The Hall–Kier alpha value is -0.570. The van der Waals surface area contributed by atoms with E-state index in [1.54, 1.807) is 0 Å². The van der Waals surface area contributed by atoms with Gasteiger partial charge in [-0.1, -0.05) is 29.3 Å². The molecule has 2 aliphatic rings. The monoisotopic (exact) mass is 282 g/mol. The van der Waals surface area contributed by atoms with E-state index >= 15 is 0 Å². The number of hydrogen-bond acceptors (Lipinski definition) is 2. The van der Waals surface area contributed by atoms with Gasteiger partial charge in [0.2, 0.25) is 0 Å². The number of rotatable bonds is 1. The first-order valence-electron chi connectivity index (χ1n) is 6.50. The molecule has 0 amide bonds. The molecule has 0 spiro atoms. The summed E-state index contributed by atoms with van der Waals surface area (Å²) in [6, 6.07) is 2.40. The summed E-state index contributed by atoms with van der Waals surface area (Å²) in [5.74, 6) is 0.758. The third-order valence-electron chi connectivity index (χ3n) is 3.95. The molecular formula is C14H16Cl2N2. The maximum absolute atomic E-state index is 6.07. The van der Waals surface area contributed by atoms with Gasteiger partial charge < -0.3 is 5.32 Å². The van der Waals surface area contributed by atoms with Gasteiger partial charge in [0.1, 0.15) is 5.15 Å². The summed E-state index contributed by atoms with van der Waals surface area (Å²) in [5, 5.41) is 4.55. The summed E-state index contributed by atoms with van der Waals surface area (Å²) in [4.78, 5) is 4.16. The fourth-order valence-electron chi connectivity index (χ4n) is 3.09. The molecule has 0 bridgehead atoms. The Bertz CT molecular complexity index is 485. The van der Waals surface area contributed by atoms with Gasteiger partial charge in [0.25, 0.3) is 0 Å². The molecule has 2 heterocycles. The maximum Gasteiger partial charge on any atom is 0.147 e. The normalized spacial score (nSPS) is 27.6. The van der Waals surface area contributed by atoms with E-state index in [-0.39, 0.29) is 0 Å². The van der Waals surface area contributed by atoms with Crippen molar-refractivity contribution in [3.8, 4) is 0 Å². The van der Waals surface area contributed by atoms with E-state index in [4.69, 9.17) is 23.2 Å². The maximum atomic E-state index is 6.07. The fraction of sp³-hybridized carbons (Fsp3) is 0.500. The Morgan fingerprint density at radius 2 is 2.17 bits per heavy atom. The highest BCUT2D eigenvalue weighted by Crippen LogP contribution is 2.36. The average Bonchev–Trinajstić information content (AvgIpc) is 2.41. The molecule has 1 aromatic rings. The lowest BCUT2D eigenvalue weighted by Crippen LogP contribution is -2.43. The molecule has 0 saturated carbocycles. The molecule has 2 atom stereocenters. The zero-order valence-corrected chi connectivity index (χ0v) is 11.6. The number of piperidine rings is 1. The third-order valence-corrected chi connectivity index (χ3v) is 4.64. The number of hydrogen-bond donors (Lipinski definition) is 1. The number of nitrogens with one attached hydrogen (secondary N) is 1. The van der Waals surface area contributed by atoms with Crippen LogP contribution in [0.1, 0.15) is 31.2 Å². The molecule has 1 aliphatic heterocycles. The van der Waals surface area contributed by atoms with Crippen LogP contribution in [0.3, 0.4) is 0 Å². The standard InChI is InChI=1S/C14H16Cl2N2/c15-12-7-10(8-18-14(12)16)11-5-1-3-9-4-2-6-17-13(9)11/h5,7-9,13,17H,1-4,6H2/t9-,13+/m1/s1. The van der Waals surface area contributed by atoms with Crippen LogP contribution in [0.15, 0.2) is 18.3 Å². The van der Waals surface area contributed by atoms with Crippen LogP contribution in [0.2, 0.25) is 10.2 Å². The summed E-state index contributed by atoms with van der Waals surface area (Å²) in [7, 11) is 0. The van der Waals surface area contributed by atoms with E-state index in [1.807, 2.05) is 12.3 Å². The highest BCUT2D eigenvalue weighted by atomic mass is 35.5. The van der Waals surface area contributed by atoms with Gasteiger partial charge >= 0.3 is 0 Å². The lowest BCUT2D eigenvalue weighted by atomic mass is 9.77. The Labute approximate surface area is 117 Å². The van der Waals surface area contributed by atoms with Crippen LogP contribution >= 0.6 is 23.2 Å². The molecule has 1 saturated heterocycles. The molecule has 18 heavy (non-hydrogen) atoms. The van der Waals surface area contributed by atoms with E-state index in [2.05, 4.69) is 16.4 Å². The van der Waals surface area contributed by atoms with Crippen LogP contribution in [-0.2, 0) is 0 Å². The molecule has 0 aromatic carbocycles. The molecule has 2 nitrogen and oxygen atoms in total. The third kappa shape index (κ3) is 2.29. The number of aromatic nitrogens is 1. The minimum atomic E-state index is 0.380. The lowest BCUT2D eigenvalue weighted by Gasteiger charge is -2.37. The molecule has 3 rings (SSSR count). The molecule has 0 radical (unpaired) electrons. The van der Waals surface area contributed by atoms with Gasteiger partial charge in [-0.05, 0) is 55.3 Å². The van der Waals surface area contributed by atoms with Crippen LogP contribution in [0.4, 0.5) is 0 Å². The smallest absolute Gasteiger partial charge is 0.147 e. The van der Waals surface area contributed by atoms with Crippen molar-refractivity contribution in [2.24, 2.45) is 5.92 Å². The SMILES string of the molecule is Clc1cc(C2=CCC[C@@H]3CCCN[C@H]23)cnc1Cl. The molecule has 4 heteroatoms. The van der Waals surface area contributed by atoms with E-state index in [1.165, 1.54) is 24.8 Å². The summed E-state index contributed by atoms with van der Waals surface area (Å²) >= 11 is 11.9. The molecule has 1 aliphatic carbocycles. The van der Waals surface area contributed by atoms with Crippen molar-refractivity contribution in [2.75, 3.05) is 6.54 Å². The number of fused-ring (bicyclic) bond motifs is 1. The minimum absolute atomic E-state index is 0.380.